The molecule has 0 radical (unpaired) electrons. The summed E-state index contributed by atoms with van der Waals surface area (Å²) in [5.74, 6) is -1.24. The standard InChI is InChI=1S/C31H44O16/c1-10(2)24-16-11(7-15(33)46-24)31(4)14(5-6-30(3)26(31)25(19(16)36)47-29(30)41)45-28-23(40)21(38)18(35)13(44-28)9-42-27-22(39)20(37)17(34)12(8-32)43-27/h7,10,12-14,17-23,25-28,32,34-40H,5-6,8-9H2,1-4H3. The van der Waals surface area contributed by atoms with Crippen molar-refractivity contribution in [1.29, 1.82) is 0 Å². The second kappa shape index (κ2) is 12.4. The molecule has 16 nitrogen and oxygen atoms in total. The molecule has 47 heavy (non-hydrogen) atoms. The Morgan fingerprint density at radius 2 is 1.51 bits per heavy atom. The Morgan fingerprint density at radius 3 is 2.15 bits per heavy atom. The Morgan fingerprint density at radius 1 is 0.894 bits per heavy atom. The summed E-state index contributed by atoms with van der Waals surface area (Å²) in [6.45, 7) is 5.90. The maximum Gasteiger partial charge on any atom is 0.336 e. The van der Waals surface area contributed by atoms with E-state index in [-0.39, 0.29) is 24.5 Å². The zero-order chi connectivity index (χ0) is 34.3. The predicted octanol–water partition coefficient (Wildman–Crippen LogP) is -2.58. The fourth-order valence-electron chi connectivity index (χ4n) is 8.39. The highest BCUT2D eigenvalue weighted by atomic mass is 16.7. The zero-order valence-electron chi connectivity index (χ0n) is 26.4. The molecule has 0 amide bonds. The molecule has 264 valence electrons. The van der Waals surface area contributed by atoms with E-state index in [2.05, 4.69) is 0 Å². The van der Waals surface area contributed by atoms with Crippen molar-refractivity contribution < 1.29 is 73.7 Å². The normalized spacial score (nSPS) is 47.8. The van der Waals surface area contributed by atoms with Crippen molar-refractivity contribution in [1.82, 2.24) is 0 Å². The molecule has 1 aromatic heterocycles. The number of aliphatic hydroxyl groups excluding tert-OH is 8. The molecular formula is C31H44O16. The van der Waals surface area contributed by atoms with E-state index in [0.29, 0.717) is 11.1 Å². The van der Waals surface area contributed by atoms with Crippen molar-refractivity contribution in [2.24, 2.45) is 11.3 Å². The van der Waals surface area contributed by atoms with Gasteiger partial charge in [0, 0.05) is 28.9 Å². The summed E-state index contributed by atoms with van der Waals surface area (Å²) < 4.78 is 34.5. The number of rotatable bonds is 7. The van der Waals surface area contributed by atoms with E-state index in [1.54, 1.807) is 27.7 Å². The quantitative estimate of drug-likeness (QED) is 0.138. The summed E-state index contributed by atoms with van der Waals surface area (Å²) >= 11 is 0. The molecule has 2 aliphatic carbocycles. The van der Waals surface area contributed by atoms with E-state index in [9.17, 15) is 50.4 Å². The van der Waals surface area contributed by atoms with Gasteiger partial charge in [0.25, 0.3) is 0 Å². The number of ether oxygens (including phenoxy) is 5. The Balaban J connectivity index is 1.30. The summed E-state index contributed by atoms with van der Waals surface area (Å²) in [7, 11) is 0. The highest BCUT2D eigenvalue weighted by Crippen LogP contribution is 2.64. The van der Waals surface area contributed by atoms with E-state index < -0.39 is 121 Å². The van der Waals surface area contributed by atoms with Gasteiger partial charge in [0.15, 0.2) is 12.6 Å². The molecule has 4 fully saturated rings. The third-order valence-corrected chi connectivity index (χ3v) is 10.9. The second-order valence-electron chi connectivity index (χ2n) is 14.1. The summed E-state index contributed by atoms with van der Waals surface area (Å²) in [6.07, 6.45) is -18.7. The maximum atomic E-state index is 13.3. The van der Waals surface area contributed by atoms with Crippen LogP contribution in [0.15, 0.2) is 15.3 Å². The Labute approximate surface area is 269 Å². The van der Waals surface area contributed by atoms with Crippen LogP contribution in [0.5, 0.6) is 0 Å². The van der Waals surface area contributed by atoms with Crippen molar-refractivity contribution in [3.8, 4) is 0 Å². The van der Waals surface area contributed by atoms with Crippen molar-refractivity contribution >= 4 is 5.97 Å². The van der Waals surface area contributed by atoms with Crippen LogP contribution in [-0.2, 0) is 33.9 Å². The van der Waals surface area contributed by atoms with Gasteiger partial charge in [0.2, 0.25) is 0 Å². The van der Waals surface area contributed by atoms with E-state index in [1.807, 2.05) is 0 Å². The van der Waals surface area contributed by atoms with Gasteiger partial charge in [0.1, 0.15) is 66.8 Å². The van der Waals surface area contributed by atoms with Crippen LogP contribution in [0.4, 0.5) is 0 Å². The molecule has 16 heteroatoms. The van der Waals surface area contributed by atoms with Gasteiger partial charge < -0.3 is 69.0 Å². The minimum absolute atomic E-state index is 0.218. The molecular weight excluding hydrogens is 628 g/mol. The summed E-state index contributed by atoms with van der Waals surface area (Å²) in [5.41, 5.74) is -2.15. The van der Waals surface area contributed by atoms with Crippen LogP contribution in [-0.4, -0.2) is 134 Å². The van der Waals surface area contributed by atoms with E-state index >= 15 is 0 Å². The van der Waals surface area contributed by atoms with Crippen LogP contribution in [0.2, 0.25) is 0 Å². The molecule has 5 aliphatic rings. The summed E-state index contributed by atoms with van der Waals surface area (Å²) in [6, 6.07) is 1.28. The molecule has 6 rings (SSSR count). The molecule has 1 saturated carbocycles. The fourth-order valence-corrected chi connectivity index (χ4v) is 8.39. The van der Waals surface area contributed by atoms with Gasteiger partial charge in [-0.25, -0.2) is 4.79 Å². The average Bonchev–Trinajstić information content (AvgIpc) is 3.31. The first-order valence-electron chi connectivity index (χ1n) is 15.9. The molecule has 8 N–H and O–H groups in total. The van der Waals surface area contributed by atoms with Crippen molar-refractivity contribution in [3.63, 3.8) is 0 Å². The monoisotopic (exact) mass is 672 g/mol. The van der Waals surface area contributed by atoms with Crippen LogP contribution < -0.4 is 5.63 Å². The third kappa shape index (κ3) is 5.28. The van der Waals surface area contributed by atoms with E-state index in [1.165, 1.54) is 6.07 Å². The minimum Gasteiger partial charge on any atom is -0.458 e. The van der Waals surface area contributed by atoms with Gasteiger partial charge in [-0.1, -0.05) is 20.8 Å². The Kier molecular flexibility index (Phi) is 9.15. The number of esters is 1. The molecule has 3 saturated heterocycles. The summed E-state index contributed by atoms with van der Waals surface area (Å²) in [4.78, 5) is 26.2. The number of fused-ring (bicyclic) bond motifs is 2. The van der Waals surface area contributed by atoms with Crippen LogP contribution in [0.3, 0.4) is 0 Å². The van der Waals surface area contributed by atoms with Crippen molar-refractivity contribution in [2.45, 2.75) is 132 Å². The van der Waals surface area contributed by atoms with E-state index in [0.717, 1.165) is 0 Å². The lowest BCUT2D eigenvalue weighted by atomic mass is 9.48. The summed E-state index contributed by atoms with van der Waals surface area (Å²) in [5, 5.41) is 84.0. The predicted molar refractivity (Wildman–Crippen MR) is 153 cm³/mol. The topological polar surface area (TPSA) is 255 Å². The minimum atomic E-state index is -1.79. The first-order chi connectivity index (χ1) is 22.1. The van der Waals surface area contributed by atoms with Crippen molar-refractivity contribution in [3.05, 3.63) is 33.4 Å². The molecule has 0 aromatic carbocycles. The first kappa shape index (κ1) is 34.8. The van der Waals surface area contributed by atoms with Crippen LogP contribution >= 0.6 is 0 Å². The van der Waals surface area contributed by atoms with Gasteiger partial charge in [-0.2, -0.15) is 0 Å². The van der Waals surface area contributed by atoms with Gasteiger partial charge in [-0.3, -0.25) is 4.79 Å². The smallest absolute Gasteiger partial charge is 0.336 e. The fraction of sp³-hybridized carbons (Fsp3) is 0.806. The molecule has 16 unspecified atom stereocenters. The molecule has 3 aliphatic heterocycles. The van der Waals surface area contributed by atoms with Crippen LogP contribution in [0.1, 0.15) is 69.4 Å². The van der Waals surface area contributed by atoms with E-state index in [4.69, 9.17) is 28.1 Å². The van der Waals surface area contributed by atoms with Gasteiger partial charge >= 0.3 is 11.6 Å². The third-order valence-electron chi connectivity index (χ3n) is 10.9. The first-order valence-corrected chi connectivity index (χ1v) is 15.9. The lowest BCUT2D eigenvalue weighted by Gasteiger charge is -2.56. The number of carbonyl (C=O) groups is 1. The number of carbonyl (C=O) groups excluding carboxylic acids is 1. The molecule has 4 heterocycles. The highest BCUT2D eigenvalue weighted by molar-refractivity contribution is 5.81. The average molecular weight is 673 g/mol. The van der Waals surface area contributed by atoms with Crippen molar-refractivity contribution in [2.75, 3.05) is 13.2 Å². The molecule has 16 atom stereocenters. The lowest BCUT2D eigenvalue weighted by molar-refractivity contribution is -0.341. The Bertz CT molecular complexity index is 1400. The number of hydrogen-bond donors (Lipinski definition) is 8. The lowest BCUT2D eigenvalue weighted by Crippen LogP contribution is -2.64. The number of hydrogen-bond acceptors (Lipinski definition) is 16. The van der Waals surface area contributed by atoms with Gasteiger partial charge in [-0.15, -0.1) is 0 Å². The molecule has 1 aromatic rings. The largest absolute Gasteiger partial charge is 0.458 e. The van der Waals surface area contributed by atoms with Crippen LogP contribution in [0, 0.1) is 11.3 Å². The molecule has 0 bridgehead atoms. The second-order valence-corrected chi connectivity index (χ2v) is 14.1. The zero-order valence-corrected chi connectivity index (χ0v) is 26.4. The van der Waals surface area contributed by atoms with Crippen LogP contribution in [0.25, 0.3) is 0 Å². The molecule has 0 spiro atoms. The Hall–Kier alpha value is -2.06. The number of aliphatic hydroxyl groups is 8. The van der Waals surface area contributed by atoms with Gasteiger partial charge in [0.05, 0.1) is 24.7 Å². The van der Waals surface area contributed by atoms with Gasteiger partial charge in [-0.05, 0) is 25.3 Å². The highest BCUT2D eigenvalue weighted by Gasteiger charge is 2.70. The maximum absolute atomic E-state index is 13.3. The SMILES string of the molecule is CC(C)c1oc(=O)cc2c1C(O)C1OC(=O)C3(C)CCC(OC4OC(COC5OC(CO)C(O)C(O)C5O)C(O)C(O)C4O)C2(C)C13.